The molecule has 0 aliphatic carbocycles. The van der Waals surface area contributed by atoms with Crippen molar-refractivity contribution >= 4 is 0 Å². The van der Waals surface area contributed by atoms with Gasteiger partial charge in [-0.15, -0.1) is 0 Å². The number of nitrogens with two attached hydrogens (primary N) is 1. The summed E-state index contributed by atoms with van der Waals surface area (Å²) in [6.45, 7) is 3.90. The Labute approximate surface area is 111 Å². The summed E-state index contributed by atoms with van der Waals surface area (Å²) in [6.07, 6.45) is 0. The molecule has 0 spiro atoms. The summed E-state index contributed by atoms with van der Waals surface area (Å²) in [7, 11) is 0. The highest BCUT2D eigenvalue weighted by Gasteiger charge is 2.20. The van der Waals surface area contributed by atoms with Crippen molar-refractivity contribution in [3.05, 3.63) is 70.3 Å². The average molecular weight is 262 g/mol. The lowest BCUT2D eigenvalue weighted by Crippen LogP contribution is -2.30. The number of nitrogens with one attached hydrogen (secondary N) is 1. The third kappa shape index (κ3) is 2.64. The van der Waals surface area contributed by atoms with Gasteiger partial charge in [-0.3, -0.25) is 5.84 Å². The van der Waals surface area contributed by atoms with Gasteiger partial charge in [0.05, 0.1) is 6.04 Å². The summed E-state index contributed by atoms with van der Waals surface area (Å²) in [5, 5.41) is 0. The van der Waals surface area contributed by atoms with E-state index < -0.39 is 17.7 Å². The molecule has 4 heteroatoms. The summed E-state index contributed by atoms with van der Waals surface area (Å²) in [5.41, 5.74) is 5.68. The zero-order chi connectivity index (χ0) is 14.0. The Balaban J connectivity index is 2.53. The van der Waals surface area contributed by atoms with E-state index in [0.29, 0.717) is 0 Å². The van der Waals surface area contributed by atoms with Crippen molar-refractivity contribution in [2.24, 2.45) is 5.84 Å². The summed E-state index contributed by atoms with van der Waals surface area (Å²) in [4.78, 5) is 0. The topological polar surface area (TPSA) is 38.0 Å². The third-order valence-electron chi connectivity index (χ3n) is 3.20. The molecule has 0 amide bonds. The normalized spacial score (nSPS) is 12.5. The molecule has 2 aromatic rings. The molecule has 0 heterocycles. The highest BCUT2D eigenvalue weighted by molar-refractivity contribution is 5.39. The number of benzene rings is 2. The fourth-order valence-electron chi connectivity index (χ4n) is 2.24. The molecule has 2 aromatic carbocycles. The molecule has 19 heavy (non-hydrogen) atoms. The summed E-state index contributed by atoms with van der Waals surface area (Å²) in [6, 6.07) is 9.30. The monoisotopic (exact) mass is 262 g/mol. The van der Waals surface area contributed by atoms with E-state index in [2.05, 4.69) is 5.43 Å². The van der Waals surface area contributed by atoms with Crippen molar-refractivity contribution in [3.63, 3.8) is 0 Å². The molecule has 0 aliphatic heterocycles. The van der Waals surface area contributed by atoms with Crippen LogP contribution >= 0.6 is 0 Å². The first kappa shape index (κ1) is 13.6. The summed E-state index contributed by atoms with van der Waals surface area (Å²) >= 11 is 0. The molecule has 1 unspecified atom stereocenters. The Morgan fingerprint density at radius 1 is 1.05 bits per heavy atom. The van der Waals surface area contributed by atoms with E-state index in [0.717, 1.165) is 22.8 Å². The van der Waals surface area contributed by atoms with Crippen molar-refractivity contribution in [1.82, 2.24) is 5.43 Å². The van der Waals surface area contributed by atoms with Gasteiger partial charge >= 0.3 is 0 Å². The lowest BCUT2D eigenvalue weighted by Gasteiger charge is -2.20. The van der Waals surface area contributed by atoms with Gasteiger partial charge in [0.25, 0.3) is 0 Å². The van der Waals surface area contributed by atoms with E-state index in [-0.39, 0.29) is 5.56 Å². The molecule has 0 bridgehead atoms. The number of hydrogen-bond acceptors (Lipinski definition) is 2. The number of halogens is 2. The van der Waals surface area contributed by atoms with Crippen LogP contribution in [0, 0.1) is 25.5 Å². The van der Waals surface area contributed by atoms with Crippen LogP contribution in [-0.2, 0) is 0 Å². The van der Waals surface area contributed by atoms with Gasteiger partial charge in [0.2, 0.25) is 0 Å². The van der Waals surface area contributed by atoms with Gasteiger partial charge in [-0.2, -0.15) is 0 Å². The predicted octanol–water partition coefficient (Wildman–Crippen LogP) is 3.13. The lowest BCUT2D eigenvalue weighted by atomic mass is 9.94. The SMILES string of the molecule is Cc1ccc(C(NN)c2cccc(F)c2F)c(C)c1. The van der Waals surface area contributed by atoms with Crippen molar-refractivity contribution in [3.8, 4) is 0 Å². The minimum Gasteiger partial charge on any atom is -0.271 e. The lowest BCUT2D eigenvalue weighted by molar-refractivity contribution is 0.482. The van der Waals surface area contributed by atoms with Crippen molar-refractivity contribution in [2.45, 2.75) is 19.9 Å². The van der Waals surface area contributed by atoms with Gasteiger partial charge in [-0.25, -0.2) is 14.2 Å². The second kappa shape index (κ2) is 5.47. The van der Waals surface area contributed by atoms with Gasteiger partial charge in [-0.1, -0.05) is 35.9 Å². The van der Waals surface area contributed by atoms with Crippen LogP contribution in [0.4, 0.5) is 8.78 Å². The predicted molar refractivity (Wildman–Crippen MR) is 71.4 cm³/mol. The van der Waals surface area contributed by atoms with E-state index in [9.17, 15) is 8.78 Å². The molecule has 100 valence electrons. The quantitative estimate of drug-likeness (QED) is 0.658. The number of hydrazine groups is 1. The van der Waals surface area contributed by atoms with E-state index in [1.807, 2.05) is 32.0 Å². The second-order valence-corrected chi connectivity index (χ2v) is 4.60. The average Bonchev–Trinajstić information content (AvgIpc) is 2.37. The fourth-order valence-corrected chi connectivity index (χ4v) is 2.24. The summed E-state index contributed by atoms with van der Waals surface area (Å²) in [5.74, 6) is 3.78. The molecule has 2 rings (SSSR count). The Morgan fingerprint density at radius 2 is 1.79 bits per heavy atom. The highest BCUT2D eigenvalue weighted by Crippen LogP contribution is 2.27. The molecule has 0 aromatic heterocycles. The zero-order valence-corrected chi connectivity index (χ0v) is 10.9. The van der Waals surface area contributed by atoms with Crippen LogP contribution in [0.1, 0.15) is 28.3 Å². The first-order valence-electron chi connectivity index (χ1n) is 6.01. The molecule has 0 aliphatic rings. The molecule has 0 saturated carbocycles. The van der Waals surface area contributed by atoms with Gasteiger partial charge < -0.3 is 0 Å². The van der Waals surface area contributed by atoms with Crippen LogP contribution < -0.4 is 11.3 Å². The maximum absolute atomic E-state index is 13.9. The van der Waals surface area contributed by atoms with E-state index in [1.54, 1.807) is 0 Å². The minimum absolute atomic E-state index is 0.203. The molecule has 1 atom stereocenters. The number of hydrogen-bond donors (Lipinski definition) is 2. The largest absolute Gasteiger partial charge is 0.271 e. The number of aryl methyl sites for hydroxylation is 2. The first-order valence-corrected chi connectivity index (χ1v) is 6.01. The zero-order valence-electron chi connectivity index (χ0n) is 10.9. The smallest absolute Gasteiger partial charge is 0.163 e. The van der Waals surface area contributed by atoms with Crippen LogP contribution in [-0.4, -0.2) is 0 Å². The molecular weight excluding hydrogens is 246 g/mol. The van der Waals surface area contributed by atoms with Crippen LogP contribution in [0.25, 0.3) is 0 Å². The second-order valence-electron chi connectivity index (χ2n) is 4.60. The van der Waals surface area contributed by atoms with Gasteiger partial charge in [0.15, 0.2) is 11.6 Å². The van der Waals surface area contributed by atoms with Crippen LogP contribution in [0.15, 0.2) is 36.4 Å². The van der Waals surface area contributed by atoms with Gasteiger partial charge in [0, 0.05) is 5.56 Å². The molecule has 3 N–H and O–H groups in total. The van der Waals surface area contributed by atoms with Crippen molar-refractivity contribution in [2.75, 3.05) is 0 Å². The van der Waals surface area contributed by atoms with Crippen LogP contribution in [0.3, 0.4) is 0 Å². The molecular formula is C15H16F2N2. The Morgan fingerprint density at radius 3 is 2.42 bits per heavy atom. The molecule has 0 fully saturated rings. The van der Waals surface area contributed by atoms with E-state index in [1.165, 1.54) is 12.1 Å². The molecule has 2 nitrogen and oxygen atoms in total. The third-order valence-corrected chi connectivity index (χ3v) is 3.20. The Kier molecular flexibility index (Phi) is 3.93. The highest BCUT2D eigenvalue weighted by atomic mass is 19.2. The Bertz CT molecular complexity index is 597. The van der Waals surface area contributed by atoms with E-state index in [4.69, 9.17) is 5.84 Å². The van der Waals surface area contributed by atoms with Crippen molar-refractivity contribution < 1.29 is 8.78 Å². The van der Waals surface area contributed by atoms with Crippen LogP contribution in [0.5, 0.6) is 0 Å². The van der Waals surface area contributed by atoms with Gasteiger partial charge in [0.1, 0.15) is 0 Å². The Hall–Kier alpha value is -1.78. The first-order chi connectivity index (χ1) is 9.04. The van der Waals surface area contributed by atoms with E-state index >= 15 is 0 Å². The molecule has 0 saturated heterocycles. The summed E-state index contributed by atoms with van der Waals surface area (Å²) < 4.78 is 27.2. The standard InChI is InChI=1S/C15H16F2N2/c1-9-6-7-11(10(2)8-9)15(19-18)12-4-3-5-13(16)14(12)17/h3-8,15,19H,18H2,1-2H3. The maximum Gasteiger partial charge on any atom is 0.163 e. The molecule has 0 radical (unpaired) electrons. The maximum atomic E-state index is 13.9. The fraction of sp³-hybridized carbons (Fsp3) is 0.200. The number of rotatable bonds is 3. The van der Waals surface area contributed by atoms with Crippen LogP contribution in [0.2, 0.25) is 0 Å². The van der Waals surface area contributed by atoms with Gasteiger partial charge in [-0.05, 0) is 31.0 Å². The minimum atomic E-state index is -0.873. The van der Waals surface area contributed by atoms with Crippen molar-refractivity contribution in [1.29, 1.82) is 0 Å².